The van der Waals surface area contributed by atoms with E-state index >= 15 is 0 Å². The molecule has 1 nitrogen and oxygen atoms in total. The quantitative estimate of drug-likeness (QED) is 0.709. The predicted molar refractivity (Wildman–Crippen MR) is 72.1 cm³/mol. The fourth-order valence-corrected chi connectivity index (χ4v) is 3.98. The first-order valence-electron chi connectivity index (χ1n) is 5.80. The van der Waals surface area contributed by atoms with Gasteiger partial charge >= 0.3 is 0 Å². The predicted octanol–water partition coefficient (Wildman–Crippen LogP) is 4.91. The van der Waals surface area contributed by atoms with E-state index in [1.165, 1.54) is 19.3 Å². The number of carbonyl (C=O) groups is 1. The summed E-state index contributed by atoms with van der Waals surface area (Å²) in [6.07, 6.45) is 4.70. The third-order valence-electron chi connectivity index (χ3n) is 3.64. The van der Waals surface area contributed by atoms with Crippen LogP contribution in [-0.2, 0) is 0 Å². The van der Waals surface area contributed by atoms with Crippen molar-refractivity contribution in [3.8, 4) is 0 Å². The molecule has 1 saturated carbocycles. The smallest absolute Gasteiger partial charge is 0.176 e. The monoisotopic (exact) mass is 300 g/mol. The molecule has 2 rings (SSSR count). The van der Waals surface area contributed by atoms with Gasteiger partial charge in [0.15, 0.2) is 5.78 Å². The number of ketones is 1. The maximum absolute atomic E-state index is 12.4. The molecule has 0 aliphatic heterocycles. The lowest BCUT2D eigenvalue weighted by molar-refractivity contribution is 0.0702. The van der Waals surface area contributed by atoms with Crippen LogP contribution in [0.15, 0.2) is 15.9 Å². The Balaban J connectivity index is 2.20. The molecule has 1 aliphatic rings. The summed E-state index contributed by atoms with van der Waals surface area (Å²) in [5.74, 6) is 0.562. The summed E-state index contributed by atoms with van der Waals surface area (Å²) in [7, 11) is 0. The van der Waals surface area contributed by atoms with Crippen molar-refractivity contribution < 1.29 is 4.79 Å². The van der Waals surface area contributed by atoms with Crippen molar-refractivity contribution in [2.24, 2.45) is 11.3 Å². The van der Waals surface area contributed by atoms with Crippen LogP contribution in [0.1, 0.15) is 49.2 Å². The molecule has 0 amide bonds. The van der Waals surface area contributed by atoms with E-state index in [0.717, 1.165) is 15.1 Å². The fourth-order valence-electron chi connectivity index (χ4n) is 2.60. The van der Waals surface area contributed by atoms with Crippen molar-refractivity contribution in [1.82, 2.24) is 0 Å². The molecule has 1 heterocycles. The molecule has 1 atom stereocenters. The molecule has 1 fully saturated rings. The van der Waals surface area contributed by atoms with Crippen LogP contribution >= 0.6 is 27.3 Å². The maximum Gasteiger partial charge on any atom is 0.176 e. The lowest BCUT2D eigenvalue weighted by atomic mass is 9.67. The van der Waals surface area contributed by atoms with Crippen LogP contribution in [0.25, 0.3) is 0 Å². The van der Waals surface area contributed by atoms with Crippen molar-refractivity contribution in [3.63, 3.8) is 0 Å². The Morgan fingerprint density at radius 3 is 2.75 bits per heavy atom. The summed E-state index contributed by atoms with van der Waals surface area (Å²) in [5.41, 5.74) is 0.172. The van der Waals surface area contributed by atoms with Gasteiger partial charge in [0, 0.05) is 5.92 Å². The Morgan fingerprint density at radius 1 is 1.44 bits per heavy atom. The van der Waals surface area contributed by atoms with E-state index in [0.29, 0.717) is 5.78 Å². The second kappa shape index (κ2) is 4.61. The number of carbonyl (C=O) groups excluding carboxylic acids is 1. The summed E-state index contributed by atoms with van der Waals surface area (Å²) < 4.78 is 1.05. The van der Waals surface area contributed by atoms with Crippen molar-refractivity contribution in [2.75, 3.05) is 0 Å². The molecule has 1 aliphatic carbocycles. The van der Waals surface area contributed by atoms with Gasteiger partial charge in [0.2, 0.25) is 0 Å². The van der Waals surface area contributed by atoms with Crippen LogP contribution in [0.2, 0.25) is 0 Å². The summed E-state index contributed by atoms with van der Waals surface area (Å²) in [6, 6.07) is 3.91. The van der Waals surface area contributed by atoms with Gasteiger partial charge in [-0.25, -0.2) is 0 Å². The highest BCUT2D eigenvalue weighted by Crippen LogP contribution is 2.43. The van der Waals surface area contributed by atoms with Crippen LogP contribution in [-0.4, -0.2) is 5.78 Å². The molecular weight excluding hydrogens is 284 g/mol. The Bertz CT molecular complexity index is 394. The van der Waals surface area contributed by atoms with Crippen molar-refractivity contribution >= 4 is 33.0 Å². The minimum Gasteiger partial charge on any atom is -0.293 e. The second-order valence-electron chi connectivity index (χ2n) is 5.25. The van der Waals surface area contributed by atoms with Gasteiger partial charge in [-0.2, -0.15) is 0 Å². The molecule has 1 aromatic rings. The first kappa shape index (κ1) is 12.3. The van der Waals surface area contributed by atoms with Crippen LogP contribution in [0.4, 0.5) is 0 Å². The summed E-state index contributed by atoms with van der Waals surface area (Å²) in [4.78, 5) is 13.3. The van der Waals surface area contributed by atoms with E-state index in [-0.39, 0.29) is 11.3 Å². The van der Waals surface area contributed by atoms with Crippen LogP contribution in [0.3, 0.4) is 0 Å². The minimum atomic E-state index is 0.172. The number of rotatable bonds is 2. The topological polar surface area (TPSA) is 17.1 Å². The lowest BCUT2D eigenvalue weighted by Gasteiger charge is -2.37. The van der Waals surface area contributed by atoms with E-state index in [1.807, 2.05) is 12.1 Å². The number of hydrogen-bond donors (Lipinski definition) is 0. The number of Topliss-reactive ketones (excluding diaryl/α,β-unsaturated/α-hetero) is 1. The summed E-state index contributed by atoms with van der Waals surface area (Å²) in [6.45, 7) is 4.47. The Morgan fingerprint density at radius 2 is 2.19 bits per heavy atom. The van der Waals surface area contributed by atoms with Crippen molar-refractivity contribution in [3.05, 3.63) is 20.8 Å². The van der Waals surface area contributed by atoms with Gasteiger partial charge in [0.05, 0.1) is 8.66 Å². The fraction of sp³-hybridized carbons (Fsp3) is 0.615. The second-order valence-corrected chi connectivity index (χ2v) is 7.72. The first-order valence-corrected chi connectivity index (χ1v) is 7.41. The van der Waals surface area contributed by atoms with Gasteiger partial charge in [0.25, 0.3) is 0 Å². The molecule has 3 heteroatoms. The maximum atomic E-state index is 12.4. The van der Waals surface area contributed by atoms with Crippen LogP contribution < -0.4 is 0 Å². The number of halogens is 1. The van der Waals surface area contributed by atoms with Gasteiger partial charge in [-0.3, -0.25) is 4.79 Å². The lowest BCUT2D eigenvalue weighted by Crippen LogP contribution is -2.33. The molecular formula is C13H17BrOS. The average Bonchev–Trinajstić information content (AvgIpc) is 2.63. The third-order valence-corrected chi connectivity index (χ3v) is 5.28. The largest absolute Gasteiger partial charge is 0.293 e. The zero-order chi connectivity index (χ0) is 11.8. The van der Waals surface area contributed by atoms with Gasteiger partial charge in [-0.1, -0.05) is 26.7 Å². The van der Waals surface area contributed by atoms with Gasteiger partial charge in [0.1, 0.15) is 0 Å². The van der Waals surface area contributed by atoms with E-state index in [9.17, 15) is 4.79 Å². The van der Waals surface area contributed by atoms with Crippen molar-refractivity contribution in [2.45, 2.75) is 39.5 Å². The first-order chi connectivity index (χ1) is 7.50. The number of hydrogen-bond acceptors (Lipinski definition) is 2. The van der Waals surface area contributed by atoms with Gasteiger partial charge in [-0.05, 0) is 46.3 Å². The molecule has 16 heavy (non-hydrogen) atoms. The standard InChI is InChI=1S/C13H17BrOS/c1-13(2)8-4-3-5-9(13)12(15)10-6-7-11(14)16-10/h6-7,9H,3-5,8H2,1-2H3. The highest BCUT2D eigenvalue weighted by molar-refractivity contribution is 9.11. The molecule has 0 spiro atoms. The van der Waals surface area contributed by atoms with E-state index in [4.69, 9.17) is 0 Å². The molecule has 1 aromatic heterocycles. The molecule has 0 saturated heterocycles. The van der Waals surface area contributed by atoms with Crippen molar-refractivity contribution in [1.29, 1.82) is 0 Å². The minimum absolute atomic E-state index is 0.172. The third kappa shape index (κ3) is 2.40. The van der Waals surface area contributed by atoms with E-state index in [2.05, 4.69) is 29.8 Å². The van der Waals surface area contributed by atoms with Gasteiger partial charge < -0.3 is 0 Å². The SMILES string of the molecule is CC1(C)CCCCC1C(=O)c1ccc(Br)s1. The molecule has 0 bridgehead atoms. The summed E-state index contributed by atoms with van der Waals surface area (Å²) >= 11 is 4.98. The summed E-state index contributed by atoms with van der Waals surface area (Å²) in [5, 5.41) is 0. The zero-order valence-corrected chi connectivity index (χ0v) is 12.2. The van der Waals surface area contributed by atoms with E-state index in [1.54, 1.807) is 11.3 Å². The molecule has 0 aromatic carbocycles. The highest BCUT2D eigenvalue weighted by atomic mass is 79.9. The Labute approximate surface area is 109 Å². The molecule has 0 radical (unpaired) electrons. The highest BCUT2D eigenvalue weighted by Gasteiger charge is 2.37. The molecule has 1 unspecified atom stereocenters. The average molecular weight is 301 g/mol. The Kier molecular flexibility index (Phi) is 3.55. The Hall–Kier alpha value is -0.150. The van der Waals surface area contributed by atoms with Crippen LogP contribution in [0, 0.1) is 11.3 Å². The van der Waals surface area contributed by atoms with E-state index < -0.39 is 0 Å². The number of thiophene rings is 1. The van der Waals surface area contributed by atoms with Crippen LogP contribution in [0.5, 0.6) is 0 Å². The zero-order valence-electron chi connectivity index (χ0n) is 9.75. The molecule has 88 valence electrons. The van der Waals surface area contributed by atoms with Gasteiger partial charge in [-0.15, -0.1) is 11.3 Å². The molecule has 0 N–H and O–H groups in total. The normalized spacial score (nSPS) is 24.3.